The van der Waals surface area contributed by atoms with Crippen LogP contribution >= 0.6 is 0 Å². The van der Waals surface area contributed by atoms with Crippen LogP contribution in [0, 0.1) is 0 Å². The van der Waals surface area contributed by atoms with E-state index in [1.165, 1.54) is 32.1 Å². The molecule has 9 heavy (non-hydrogen) atoms. The Morgan fingerprint density at radius 3 is 2.44 bits per heavy atom. The van der Waals surface area contributed by atoms with Crippen LogP contribution in [0.1, 0.15) is 32.1 Å². The van der Waals surface area contributed by atoms with Gasteiger partial charge in [-0.25, -0.2) is 0 Å². The second kappa shape index (κ2) is 3.94. The minimum atomic E-state index is 0.394. The standard InChI is InChI=1S/C7H13BO/c8-6-9-7-4-2-1-3-5-7/h7H,1-6H2. The lowest BCUT2D eigenvalue weighted by Gasteiger charge is -2.20. The molecular formula is C7H13BO. The summed E-state index contributed by atoms with van der Waals surface area (Å²) in [7, 11) is 5.24. The fraction of sp³-hybridized carbons (Fsp3) is 1.00. The van der Waals surface area contributed by atoms with Gasteiger partial charge in [-0.05, 0) is 12.8 Å². The molecule has 0 unspecified atom stereocenters. The Bertz CT molecular complexity index is 66.6. The first-order valence-corrected chi connectivity index (χ1v) is 3.75. The van der Waals surface area contributed by atoms with Gasteiger partial charge in [0, 0.05) is 6.51 Å². The van der Waals surface area contributed by atoms with E-state index in [2.05, 4.69) is 0 Å². The summed E-state index contributed by atoms with van der Waals surface area (Å²) in [5.74, 6) is 0. The van der Waals surface area contributed by atoms with Gasteiger partial charge in [0.2, 0.25) is 0 Å². The fourth-order valence-corrected chi connectivity index (χ4v) is 1.37. The Morgan fingerprint density at radius 1 is 1.22 bits per heavy atom. The van der Waals surface area contributed by atoms with E-state index >= 15 is 0 Å². The molecule has 0 aromatic heterocycles. The SMILES string of the molecule is [B]COC1CCCCC1. The third-order valence-electron chi connectivity index (χ3n) is 1.88. The zero-order chi connectivity index (χ0) is 6.53. The van der Waals surface area contributed by atoms with Crippen molar-refractivity contribution in [2.24, 2.45) is 0 Å². The minimum absolute atomic E-state index is 0.394. The Labute approximate surface area is 58.2 Å². The van der Waals surface area contributed by atoms with Crippen molar-refractivity contribution in [1.29, 1.82) is 0 Å². The Hall–Kier alpha value is 0.0249. The molecule has 2 radical (unpaired) electrons. The van der Waals surface area contributed by atoms with Gasteiger partial charge in [-0.3, -0.25) is 0 Å². The van der Waals surface area contributed by atoms with E-state index < -0.39 is 0 Å². The lowest BCUT2D eigenvalue weighted by Crippen LogP contribution is -2.16. The summed E-state index contributed by atoms with van der Waals surface area (Å²) in [6.45, 7) is 0.394. The van der Waals surface area contributed by atoms with Crippen molar-refractivity contribution in [3.63, 3.8) is 0 Å². The summed E-state index contributed by atoms with van der Waals surface area (Å²) >= 11 is 0. The number of hydrogen-bond donors (Lipinski definition) is 0. The molecular weight excluding hydrogens is 111 g/mol. The van der Waals surface area contributed by atoms with Gasteiger partial charge in [-0.1, -0.05) is 19.3 Å². The molecule has 0 N–H and O–H groups in total. The van der Waals surface area contributed by atoms with Crippen molar-refractivity contribution >= 4 is 7.85 Å². The molecule has 0 aliphatic heterocycles. The molecule has 1 rings (SSSR count). The molecule has 1 saturated carbocycles. The predicted octanol–water partition coefficient (Wildman–Crippen LogP) is 1.46. The summed E-state index contributed by atoms with van der Waals surface area (Å²) in [5, 5.41) is 0. The molecule has 1 aliphatic carbocycles. The molecule has 1 nitrogen and oxygen atoms in total. The van der Waals surface area contributed by atoms with E-state index in [1.807, 2.05) is 0 Å². The molecule has 1 fully saturated rings. The second-order valence-electron chi connectivity index (χ2n) is 2.59. The van der Waals surface area contributed by atoms with Gasteiger partial charge in [-0.2, -0.15) is 0 Å². The largest absolute Gasteiger partial charge is 0.388 e. The number of ether oxygens (including phenoxy) is 1. The maximum Gasteiger partial charge on any atom is 0.104 e. The van der Waals surface area contributed by atoms with Gasteiger partial charge in [0.25, 0.3) is 0 Å². The molecule has 0 spiro atoms. The summed E-state index contributed by atoms with van der Waals surface area (Å²) in [5.41, 5.74) is 0. The zero-order valence-electron chi connectivity index (χ0n) is 5.81. The zero-order valence-corrected chi connectivity index (χ0v) is 5.81. The van der Waals surface area contributed by atoms with Gasteiger partial charge in [0.15, 0.2) is 0 Å². The highest BCUT2D eigenvalue weighted by molar-refractivity contribution is 6.08. The summed E-state index contributed by atoms with van der Waals surface area (Å²) in [6.07, 6.45) is 6.94. The van der Waals surface area contributed by atoms with E-state index in [-0.39, 0.29) is 0 Å². The molecule has 0 atom stereocenters. The number of rotatable bonds is 2. The molecule has 50 valence electrons. The van der Waals surface area contributed by atoms with E-state index in [4.69, 9.17) is 12.6 Å². The summed E-state index contributed by atoms with van der Waals surface area (Å²) < 4.78 is 5.26. The lowest BCUT2D eigenvalue weighted by molar-refractivity contribution is 0.0575. The third kappa shape index (κ3) is 2.40. The van der Waals surface area contributed by atoms with E-state index in [0.29, 0.717) is 12.6 Å². The maximum atomic E-state index is 5.26. The van der Waals surface area contributed by atoms with Gasteiger partial charge >= 0.3 is 0 Å². The smallest absolute Gasteiger partial charge is 0.104 e. The van der Waals surface area contributed by atoms with Gasteiger partial charge < -0.3 is 4.74 Å². The van der Waals surface area contributed by atoms with Crippen molar-refractivity contribution in [2.45, 2.75) is 38.2 Å². The molecule has 0 aromatic carbocycles. The van der Waals surface area contributed by atoms with Crippen molar-refractivity contribution in [3.05, 3.63) is 0 Å². The van der Waals surface area contributed by atoms with Gasteiger partial charge in [0.1, 0.15) is 7.85 Å². The molecule has 0 aromatic rings. The van der Waals surface area contributed by atoms with E-state index in [0.717, 1.165) is 0 Å². The Balaban J connectivity index is 2.08. The maximum absolute atomic E-state index is 5.26. The monoisotopic (exact) mass is 124 g/mol. The predicted molar refractivity (Wildman–Crippen MR) is 38.6 cm³/mol. The molecule has 2 heteroatoms. The molecule has 0 amide bonds. The van der Waals surface area contributed by atoms with E-state index in [1.54, 1.807) is 0 Å². The quantitative estimate of drug-likeness (QED) is 0.506. The molecule has 1 aliphatic rings. The topological polar surface area (TPSA) is 9.23 Å². The lowest BCUT2D eigenvalue weighted by atomic mass is 9.97. The first kappa shape index (κ1) is 7.14. The third-order valence-corrected chi connectivity index (χ3v) is 1.88. The van der Waals surface area contributed by atoms with Gasteiger partial charge in [0.05, 0.1) is 6.10 Å². The van der Waals surface area contributed by atoms with Crippen LogP contribution in [0.5, 0.6) is 0 Å². The Kier molecular flexibility index (Phi) is 3.12. The van der Waals surface area contributed by atoms with Crippen LogP contribution in [-0.4, -0.2) is 20.5 Å². The van der Waals surface area contributed by atoms with Crippen LogP contribution < -0.4 is 0 Å². The normalized spacial score (nSPS) is 22.2. The van der Waals surface area contributed by atoms with Crippen LogP contribution in [0.3, 0.4) is 0 Å². The highest BCUT2D eigenvalue weighted by atomic mass is 16.5. The van der Waals surface area contributed by atoms with Crippen molar-refractivity contribution in [3.8, 4) is 0 Å². The van der Waals surface area contributed by atoms with Crippen molar-refractivity contribution < 1.29 is 4.74 Å². The Morgan fingerprint density at radius 2 is 1.89 bits per heavy atom. The molecule has 0 bridgehead atoms. The summed E-state index contributed by atoms with van der Waals surface area (Å²) in [4.78, 5) is 0. The van der Waals surface area contributed by atoms with Crippen LogP contribution in [-0.2, 0) is 4.74 Å². The minimum Gasteiger partial charge on any atom is -0.388 e. The summed E-state index contributed by atoms with van der Waals surface area (Å²) in [6, 6.07) is 0. The highest BCUT2D eigenvalue weighted by Crippen LogP contribution is 2.19. The van der Waals surface area contributed by atoms with Crippen molar-refractivity contribution in [2.75, 3.05) is 6.51 Å². The highest BCUT2D eigenvalue weighted by Gasteiger charge is 2.11. The fourth-order valence-electron chi connectivity index (χ4n) is 1.37. The molecule has 0 saturated heterocycles. The van der Waals surface area contributed by atoms with Crippen LogP contribution in [0.15, 0.2) is 0 Å². The van der Waals surface area contributed by atoms with Crippen LogP contribution in [0.25, 0.3) is 0 Å². The number of hydrogen-bond acceptors (Lipinski definition) is 1. The van der Waals surface area contributed by atoms with Crippen LogP contribution in [0.4, 0.5) is 0 Å². The van der Waals surface area contributed by atoms with Crippen LogP contribution in [0.2, 0.25) is 0 Å². The first-order valence-electron chi connectivity index (χ1n) is 3.75. The van der Waals surface area contributed by atoms with Gasteiger partial charge in [-0.15, -0.1) is 0 Å². The van der Waals surface area contributed by atoms with E-state index in [9.17, 15) is 0 Å². The average Bonchev–Trinajstić information content (AvgIpc) is 1.91. The second-order valence-corrected chi connectivity index (χ2v) is 2.59. The van der Waals surface area contributed by atoms with Crippen molar-refractivity contribution in [1.82, 2.24) is 0 Å². The average molecular weight is 124 g/mol. The first-order chi connectivity index (χ1) is 4.43. The molecule has 0 heterocycles.